The smallest absolute Gasteiger partial charge is 0.261 e. The maximum Gasteiger partial charge on any atom is 0.261 e. The van der Waals surface area contributed by atoms with Gasteiger partial charge in [-0.3, -0.25) is 4.68 Å². The minimum atomic E-state index is -2.43. The van der Waals surface area contributed by atoms with Crippen LogP contribution in [0.25, 0.3) is 0 Å². The van der Waals surface area contributed by atoms with Gasteiger partial charge in [-0.15, -0.1) is 0 Å². The van der Waals surface area contributed by atoms with E-state index in [0.717, 1.165) is 25.2 Å². The van der Waals surface area contributed by atoms with E-state index in [1.165, 1.54) is 0 Å². The molecule has 4 nitrogen and oxygen atoms in total. The number of aryl methyl sites for hydroxylation is 1. The minimum absolute atomic E-state index is 0.0424. The molecule has 0 saturated carbocycles. The van der Waals surface area contributed by atoms with Crippen molar-refractivity contribution in [3.05, 3.63) is 16.9 Å². The monoisotopic (exact) mass is 309 g/mol. The summed E-state index contributed by atoms with van der Waals surface area (Å²) in [7, 11) is 0. The number of hydrogen-bond acceptors (Lipinski definition) is 3. The molecule has 1 heterocycles. The third-order valence-electron chi connectivity index (χ3n) is 2.84. The molecular weight excluding hydrogens is 288 g/mol. The van der Waals surface area contributed by atoms with Gasteiger partial charge in [-0.2, -0.15) is 5.10 Å². The number of hydrogen-bond donors (Lipinski definition) is 1. The number of ether oxygens (including phenoxy) is 1. The Hall–Kier alpha value is -0.720. The second kappa shape index (κ2) is 9.26. The Labute approximate surface area is 123 Å². The first-order valence-corrected chi connectivity index (χ1v) is 7.28. The summed E-state index contributed by atoms with van der Waals surface area (Å²) in [5.41, 5.74) is 0.899. The molecular formula is C13H22ClF2N3O. The Morgan fingerprint density at radius 3 is 2.80 bits per heavy atom. The highest BCUT2D eigenvalue weighted by molar-refractivity contribution is 6.31. The lowest BCUT2D eigenvalue weighted by Gasteiger charge is -2.20. The number of nitrogens with zero attached hydrogens (tertiary/aromatic N) is 2. The minimum Gasteiger partial charge on any atom is -0.375 e. The summed E-state index contributed by atoms with van der Waals surface area (Å²) >= 11 is 6.19. The summed E-state index contributed by atoms with van der Waals surface area (Å²) in [6.45, 7) is 5.32. The highest BCUT2D eigenvalue weighted by Crippen LogP contribution is 2.25. The Bertz CT molecular complexity index is 388. The van der Waals surface area contributed by atoms with Gasteiger partial charge >= 0.3 is 0 Å². The van der Waals surface area contributed by atoms with Gasteiger partial charge < -0.3 is 10.1 Å². The Morgan fingerprint density at radius 1 is 1.45 bits per heavy atom. The molecule has 0 aliphatic heterocycles. The first-order chi connectivity index (χ1) is 9.60. The van der Waals surface area contributed by atoms with Crippen molar-refractivity contribution in [3.8, 4) is 0 Å². The zero-order valence-electron chi connectivity index (χ0n) is 11.9. The van der Waals surface area contributed by atoms with Gasteiger partial charge in [-0.05, 0) is 19.4 Å². The molecule has 7 heteroatoms. The molecule has 0 aromatic carbocycles. The lowest BCUT2D eigenvalue weighted by Crippen LogP contribution is -2.26. The van der Waals surface area contributed by atoms with Crippen molar-refractivity contribution in [2.45, 2.75) is 45.7 Å². The van der Waals surface area contributed by atoms with E-state index in [9.17, 15) is 8.78 Å². The summed E-state index contributed by atoms with van der Waals surface area (Å²) < 4.78 is 30.9. The van der Waals surface area contributed by atoms with Crippen LogP contribution in [0.2, 0.25) is 5.02 Å². The summed E-state index contributed by atoms with van der Waals surface area (Å²) in [5.74, 6) is 0. The van der Waals surface area contributed by atoms with Crippen LogP contribution < -0.4 is 5.32 Å². The largest absolute Gasteiger partial charge is 0.375 e. The van der Waals surface area contributed by atoms with Crippen molar-refractivity contribution < 1.29 is 13.5 Å². The predicted molar refractivity (Wildman–Crippen MR) is 75.4 cm³/mol. The lowest BCUT2D eigenvalue weighted by atomic mass is 10.1. The van der Waals surface area contributed by atoms with E-state index < -0.39 is 13.0 Å². The average Bonchev–Trinajstić information content (AvgIpc) is 2.75. The van der Waals surface area contributed by atoms with Crippen LogP contribution in [0.5, 0.6) is 0 Å². The van der Waals surface area contributed by atoms with Gasteiger partial charge in [-0.1, -0.05) is 25.4 Å². The van der Waals surface area contributed by atoms with E-state index in [4.69, 9.17) is 16.3 Å². The maximum atomic E-state index is 12.0. The molecule has 20 heavy (non-hydrogen) atoms. The number of aromatic nitrogens is 2. The Kier molecular flexibility index (Phi) is 8.02. The lowest BCUT2D eigenvalue weighted by molar-refractivity contribution is 0.0142. The van der Waals surface area contributed by atoms with Gasteiger partial charge in [0.05, 0.1) is 23.0 Å². The summed E-state index contributed by atoms with van der Waals surface area (Å²) in [6, 6.07) is -0.0424. The van der Waals surface area contributed by atoms with E-state index in [1.54, 1.807) is 6.20 Å². The van der Waals surface area contributed by atoms with Gasteiger partial charge in [0.25, 0.3) is 6.43 Å². The Balaban J connectivity index is 2.67. The van der Waals surface area contributed by atoms with E-state index in [-0.39, 0.29) is 12.6 Å². The fourth-order valence-electron chi connectivity index (χ4n) is 2.06. The van der Waals surface area contributed by atoms with Crippen LogP contribution in [0.15, 0.2) is 6.20 Å². The van der Waals surface area contributed by atoms with Gasteiger partial charge in [0.1, 0.15) is 6.61 Å². The predicted octanol–water partition coefficient (Wildman–Crippen LogP) is 3.27. The topological polar surface area (TPSA) is 39.1 Å². The molecule has 0 radical (unpaired) electrons. The summed E-state index contributed by atoms with van der Waals surface area (Å²) in [5, 5.41) is 8.14. The second-order valence-electron chi connectivity index (χ2n) is 4.47. The quantitative estimate of drug-likeness (QED) is 0.674. The molecule has 1 rings (SSSR count). The van der Waals surface area contributed by atoms with E-state index in [2.05, 4.69) is 17.3 Å². The highest BCUT2D eigenvalue weighted by Gasteiger charge is 2.19. The molecule has 1 aromatic rings. The third kappa shape index (κ3) is 5.34. The molecule has 0 spiro atoms. The third-order valence-corrected chi connectivity index (χ3v) is 3.14. The molecule has 1 aromatic heterocycles. The van der Waals surface area contributed by atoms with Gasteiger partial charge in [0.2, 0.25) is 0 Å². The van der Waals surface area contributed by atoms with Gasteiger partial charge in [-0.25, -0.2) is 8.78 Å². The standard InChI is InChI=1S/C13H22ClF2N3O/c1-3-6-19-13(10(14)8-18-19)11(17-4-2)5-7-20-9-12(15)16/h8,11-12,17H,3-7,9H2,1-2H3. The molecule has 0 aliphatic carbocycles. The number of rotatable bonds is 10. The second-order valence-corrected chi connectivity index (χ2v) is 4.87. The number of halogens is 3. The SMILES string of the molecule is CCCn1ncc(Cl)c1C(CCOCC(F)F)NCC. The zero-order valence-corrected chi connectivity index (χ0v) is 12.7. The van der Waals surface area contributed by atoms with Crippen LogP contribution in [0.3, 0.4) is 0 Å². The number of nitrogens with one attached hydrogen (secondary N) is 1. The van der Waals surface area contributed by atoms with Gasteiger partial charge in [0, 0.05) is 13.2 Å². The molecule has 0 bridgehead atoms. The fraction of sp³-hybridized carbons (Fsp3) is 0.769. The zero-order chi connectivity index (χ0) is 15.0. The first kappa shape index (κ1) is 17.3. The molecule has 0 aliphatic rings. The molecule has 1 N–H and O–H groups in total. The van der Waals surface area contributed by atoms with Crippen LogP contribution >= 0.6 is 11.6 Å². The van der Waals surface area contributed by atoms with Crippen molar-refractivity contribution >= 4 is 11.6 Å². The summed E-state index contributed by atoms with van der Waals surface area (Å²) in [6.07, 6.45) is 0.722. The fourth-order valence-corrected chi connectivity index (χ4v) is 2.34. The number of alkyl halides is 2. The maximum absolute atomic E-state index is 12.0. The van der Waals surface area contributed by atoms with Crippen molar-refractivity contribution in [3.63, 3.8) is 0 Å². The molecule has 116 valence electrons. The van der Waals surface area contributed by atoms with Crippen molar-refractivity contribution in [1.82, 2.24) is 15.1 Å². The molecule has 0 saturated heterocycles. The Morgan fingerprint density at radius 2 is 2.20 bits per heavy atom. The van der Waals surface area contributed by atoms with Crippen LogP contribution in [0.1, 0.15) is 38.4 Å². The van der Waals surface area contributed by atoms with Crippen LogP contribution in [0.4, 0.5) is 8.78 Å². The molecule has 1 atom stereocenters. The van der Waals surface area contributed by atoms with E-state index in [1.807, 2.05) is 11.6 Å². The summed E-state index contributed by atoms with van der Waals surface area (Å²) in [4.78, 5) is 0. The van der Waals surface area contributed by atoms with Gasteiger partial charge in [0.15, 0.2) is 0 Å². The molecule has 0 amide bonds. The van der Waals surface area contributed by atoms with Crippen molar-refractivity contribution in [2.24, 2.45) is 0 Å². The van der Waals surface area contributed by atoms with E-state index >= 15 is 0 Å². The molecule has 1 unspecified atom stereocenters. The van der Waals surface area contributed by atoms with Crippen LogP contribution in [-0.2, 0) is 11.3 Å². The van der Waals surface area contributed by atoms with Crippen molar-refractivity contribution in [2.75, 3.05) is 19.8 Å². The normalized spacial score (nSPS) is 13.1. The first-order valence-electron chi connectivity index (χ1n) is 6.90. The highest BCUT2D eigenvalue weighted by atomic mass is 35.5. The molecule has 0 fully saturated rings. The van der Waals surface area contributed by atoms with Crippen molar-refractivity contribution in [1.29, 1.82) is 0 Å². The van der Waals surface area contributed by atoms with Crippen LogP contribution in [-0.4, -0.2) is 36.0 Å². The van der Waals surface area contributed by atoms with Crippen LogP contribution in [0, 0.1) is 0 Å². The van der Waals surface area contributed by atoms with E-state index in [0.29, 0.717) is 11.4 Å². The average molecular weight is 310 g/mol.